The molecule has 2 nitrogen and oxygen atoms in total. The van der Waals surface area contributed by atoms with E-state index in [9.17, 15) is 4.79 Å². The maximum Gasteiger partial charge on any atom is 4.00 e. The van der Waals surface area contributed by atoms with Crippen molar-refractivity contribution in [2.45, 2.75) is 13.3 Å². The van der Waals surface area contributed by atoms with Crippen LogP contribution in [0.2, 0.25) is 0 Å². The molecule has 0 heterocycles. The number of benzene rings is 3. The summed E-state index contributed by atoms with van der Waals surface area (Å²) in [4.78, 5) is 9.48. The van der Waals surface area contributed by atoms with Crippen LogP contribution in [0.15, 0.2) is 103 Å². The van der Waals surface area contributed by atoms with Crippen molar-refractivity contribution in [3.05, 3.63) is 109 Å². The summed E-state index contributed by atoms with van der Waals surface area (Å²) in [6.07, 6.45) is 0.333. The van der Waals surface area contributed by atoms with Gasteiger partial charge in [-0.2, -0.15) is 17.5 Å². The number of halogens is 2. The second kappa shape index (κ2) is 18.2. The van der Waals surface area contributed by atoms with Gasteiger partial charge >= 0.3 is 26.2 Å². The predicted molar refractivity (Wildman–Crippen MR) is 117 cm³/mol. The second-order valence-corrected chi connectivity index (χ2v) is 7.19. The molecule has 30 heavy (non-hydrogen) atoms. The van der Waals surface area contributed by atoms with Crippen LogP contribution in [-0.2, 0) is 31.0 Å². The Hall–Kier alpha value is -1.58. The molecule has 0 atom stereocenters. The molecule has 4 aromatic carbocycles. The van der Waals surface area contributed by atoms with E-state index in [-0.39, 0.29) is 51.0 Å². The Labute approximate surface area is 213 Å². The van der Waals surface area contributed by atoms with E-state index in [0.717, 1.165) is 9.52 Å². The molecule has 1 N–H and O–H groups in total. The SMILES string of the molecule is CCC([NH-])=O.[Cl-].[Cl-].[Zr+4].c1ccc([Si]c2ccccc2)cc1.c1ccc2[cH-]ccc2c1. The maximum atomic E-state index is 9.48. The minimum atomic E-state index is -0.495. The van der Waals surface area contributed by atoms with Crippen LogP contribution in [0.4, 0.5) is 0 Å². The number of carbonyl (C=O) groups excluding carboxylic acids is 1. The van der Waals surface area contributed by atoms with Gasteiger partial charge in [0.2, 0.25) is 0 Å². The third-order valence-corrected chi connectivity index (χ3v) is 4.95. The van der Waals surface area contributed by atoms with E-state index in [1.165, 1.54) is 21.1 Å². The monoisotopic (exact) mass is 529 g/mol. The summed E-state index contributed by atoms with van der Waals surface area (Å²) >= 11 is 0. The average molecular weight is 532 g/mol. The molecule has 4 rings (SSSR count). The van der Waals surface area contributed by atoms with Gasteiger partial charge in [-0.1, -0.05) is 84.0 Å². The van der Waals surface area contributed by atoms with Crippen molar-refractivity contribution in [2.24, 2.45) is 0 Å². The van der Waals surface area contributed by atoms with Gasteiger partial charge < -0.3 is 35.3 Å². The van der Waals surface area contributed by atoms with E-state index in [0.29, 0.717) is 6.42 Å². The van der Waals surface area contributed by atoms with Crippen LogP contribution in [0.5, 0.6) is 0 Å². The summed E-state index contributed by atoms with van der Waals surface area (Å²) in [6, 6.07) is 35.8. The van der Waals surface area contributed by atoms with Gasteiger partial charge in [-0.3, -0.25) is 0 Å². The summed E-state index contributed by atoms with van der Waals surface area (Å²) in [5.41, 5.74) is 6.19. The van der Waals surface area contributed by atoms with E-state index >= 15 is 0 Å². The van der Waals surface area contributed by atoms with E-state index in [1.807, 2.05) is 0 Å². The van der Waals surface area contributed by atoms with Gasteiger partial charge in [0.05, 0.1) is 0 Å². The van der Waals surface area contributed by atoms with Crippen LogP contribution in [0.25, 0.3) is 16.5 Å². The van der Waals surface area contributed by atoms with Gasteiger partial charge in [-0.15, -0.1) is 29.7 Å². The van der Waals surface area contributed by atoms with Gasteiger partial charge in [0.1, 0.15) is 9.52 Å². The van der Waals surface area contributed by atoms with Crippen LogP contribution >= 0.6 is 0 Å². The van der Waals surface area contributed by atoms with E-state index in [2.05, 4.69) is 103 Å². The largest absolute Gasteiger partial charge is 4.00 e. The normalized spacial score (nSPS) is 8.57. The quantitative estimate of drug-likeness (QED) is 0.244. The molecule has 0 saturated heterocycles. The number of amides is 1. The minimum absolute atomic E-state index is 0. The fourth-order valence-electron chi connectivity index (χ4n) is 2.28. The first kappa shape index (κ1) is 30.6. The molecule has 0 saturated carbocycles. The van der Waals surface area contributed by atoms with Crippen molar-refractivity contribution in [3.63, 3.8) is 0 Å². The van der Waals surface area contributed by atoms with Gasteiger partial charge in [0.15, 0.2) is 0 Å². The molecular weight excluding hydrogens is 508 g/mol. The molecule has 0 aliphatic heterocycles. The molecule has 0 bridgehead atoms. The molecular formula is C24H23Cl2NOSiZr. The molecule has 0 aliphatic carbocycles. The molecule has 0 aliphatic rings. The minimum Gasteiger partial charge on any atom is -1.00 e. The van der Waals surface area contributed by atoms with Crippen molar-refractivity contribution in [1.82, 2.24) is 0 Å². The molecule has 0 aromatic heterocycles. The maximum absolute atomic E-state index is 9.48. The Morgan fingerprint density at radius 3 is 1.67 bits per heavy atom. The van der Waals surface area contributed by atoms with Crippen LogP contribution < -0.4 is 35.2 Å². The number of rotatable bonds is 3. The fourth-order valence-corrected chi connectivity index (χ4v) is 3.33. The summed E-state index contributed by atoms with van der Waals surface area (Å²) in [5.74, 6) is -0.495. The van der Waals surface area contributed by atoms with Crippen molar-refractivity contribution in [1.29, 1.82) is 0 Å². The van der Waals surface area contributed by atoms with E-state index < -0.39 is 5.91 Å². The first-order valence-corrected chi connectivity index (χ1v) is 9.91. The van der Waals surface area contributed by atoms with Crippen LogP contribution in [0.1, 0.15) is 13.3 Å². The molecule has 6 heteroatoms. The molecule has 4 aromatic rings. The number of hydrogen-bond donors (Lipinski definition) is 0. The van der Waals surface area contributed by atoms with Crippen LogP contribution in [0.3, 0.4) is 0 Å². The fraction of sp³-hybridized carbons (Fsp3) is 0.0833. The number of fused-ring (bicyclic) bond motifs is 1. The Morgan fingerprint density at radius 1 is 0.800 bits per heavy atom. The van der Waals surface area contributed by atoms with E-state index in [4.69, 9.17) is 5.73 Å². The Morgan fingerprint density at radius 2 is 1.23 bits per heavy atom. The topological polar surface area (TPSA) is 40.9 Å². The molecule has 0 fully saturated rings. The summed E-state index contributed by atoms with van der Waals surface area (Å²) in [7, 11) is 0.777. The summed E-state index contributed by atoms with van der Waals surface area (Å²) in [6.45, 7) is 1.66. The molecule has 0 spiro atoms. The van der Waals surface area contributed by atoms with Crippen molar-refractivity contribution in [2.75, 3.05) is 0 Å². The predicted octanol–water partition coefficient (Wildman–Crippen LogP) is -1.12. The third kappa shape index (κ3) is 12.2. The van der Waals surface area contributed by atoms with Crippen LogP contribution in [0, 0.1) is 0 Å². The molecule has 1 amide bonds. The zero-order valence-corrected chi connectivity index (χ0v) is 21.7. The van der Waals surface area contributed by atoms with Crippen molar-refractivity contribution < 1.29 is 55.8 Å². The van der Waals surface area contributed by atoms with Gasteiger partial charge in [0.25, 0.3) is 0 Å². The second-order valence-electron chi connectivity index (χ2n) is 5.79. The molecule has 2 radical (unpaired) electrons. The average Bonchev–Trinajstić information content (AvgIpc) is 3.19. The Balaban J connectivity index is 0. The first-order valence-electron chi connectivity index (χ1n) is 8.91. The van der Waals surface area contributed by atoms with Gasteiger partial charge in [0, 0.05) is 5.91 Å². The van der Waals surface area contributed by atoms with Crippen molar-refractivity contribution in [3.8, 4) is 0 Å². The van der Waals surface area contributed by atoms with E-state index in [1.54, 1.807) is 6.92 Å². The Bertz CT molecular complexity index is 866. The molecule has 152 valence electrons. The Kier molecular flexibility index (Phi) is 18.6. The number of carbonyl (C=O) groups is 1. The number of nitrogens with one attached hydrogen (secondary N) is 1. The zero-order valence-electron chi connectivity index (χ0n) is 16.7. The van der Waals surface area contributed by atoms with Crippen molar-refractivity contribution >= 4 is 36.6 Å². The smallest absolute Gasteiger partial charge is 1.00 e. The standard InChI is InChI=1S/C12H10Si.C9H7.C3H7NO.2ClH.Zr/c1-3-7-11(8-4-1)13-12-9-5-2-6-10-12;1-2-5-9-7-3-6-8(9)4-1;1-2-3(4)5;;;/h1-10H;1-7H;2H2,1H3,(H2,4,5);2*1H;/q;-1;;;;+4/p-3. The first-order chi connectivity index (χ1) is 13.2. The van der Waals surface area contributed by atoms with Gasteiger partial charge in [-0.05, 0) is 6.42 Å². The molecule has 0 unspecified atom stereocenters. The van der Waals surface area contributed by atoms with Gasteiger partial charge in [-0.25, -0.2) is 0 Å². The third-order valence-electron chi connectivity index (χ3n) is 3.70. The summed E-state index contributed by atoms with van der Waals surface area (Å²) in [5, 5.41) is 5.46. The zero-order chi connectivity index (χ0) is 19.3. The van der Waals surface area contributed by atoms with Crippen LogP contribution in [-0.4, -0.2) is 15.4 Å². The number of hydrogen-bond acceptors (Lipinski definition) is 1. The summed E-state index contributed by atoms with van der Waals surface area (Å²) < 4.78 is 0.